The second kappa shape index (κ2) is 9.04. The van der Waals surface area contributed by atoms with Crippen molar-refractivity contribution in [2.75, 3.05) is 21.3 Å². The van der Waals surface area contributed by atoms with Crippen molar-refractivity contribution in [2.24, 2.45) is 0 Å². The van der Waals surface area contributed by atoms with E-state index in [0.29, 0.717) is 16.7 Å². The Morgan fingerprint density at radius 1 is 0.889 bits per heavy atom. The molecule has 4 nitrogen and oxygen atoms in total. The molecule has 1 unspecified atom stereocenters. The summed E-state index contributed by atoms with van der Waals surface area (Å²) in [5, 5.41) is 10.5. The second-order valence-corrected chi connectivity index (χ2v) is 6.18. The van der Waals surface area contributed by atoms with Crippen LogP contribution in [0, 0.1) is 0 Å². The zero-order valence-electron chi connectivity index (χ0n) is 12.6. The molecule has 0 aromatic carbocycles. The molecule has 0 rings (SSSR count). The molecular weight excluding hydrogens is 248 g/mol. The van der Waals surface area contributed by atoms with Gasteiger partial charge in [0.05, 0.1) is 10.2 Å². The van der Waals surface area contributed by atoms with Crippen LogP contribution in [-0.2, 0) is 14.2 Å². The fourth-order valence-corrected chi connectivity index (χ4v) is 2.52. The predicted octanol–water partition coefficient (Wildman–Crippen LogP) is 1.38. The summed E-state index contributed by atoms with van der Waals surface area (Å²) in [6.45, 7) is 2.21. The molecule has 0 aliphatic rings. The lowest BCUT2D eigenvalue weighted by Gasteiger charge is -2.41. The minimum atomic E-state index is -1.34. The number of methoxy groups -OCH3 is 3. The van der Waals surface area contributed by atoms with Gasteiger partial charge in [0.2, 0.25) is 5.79 Å². The van der Waals surface area contributed by atoms with Gasteiger partial charge in [0, 0.05) is 27.8 Å². The van der Waals surface area contributed by atoms with Gasteiger partial charge in [-0.05, 0) is 6.42 Å². The molecule has 1 atom stereocenters. The highest BCUT2D eigenvalue weighted by atomic mass is 28.1. The zero-order chi connectivity index (χ0) is 14.1. The summed E-state index contributed by atoms with van der Waals surface area (Å²) in [6, 6.07) is 0. The highest BCUT2D eigenvalue weighted by Gasteiger charge is 2.47. The van der Waals surface area contributed by atoms with Crippen LogP contribution >= 0.6 is 0 Å². The number of hydrogen-bond donors (Lipinski definition) is 1. The fourth-order valence-electron chi connectivity index (χ4n) is 2.06. The lowest BCUT2D eigenvalue weighted by molar-refractivity contribution is -0.343. The maximum atomic E-state index is 10.5. The van der Waals surface area contributed by atoms with Crippen LogP contribution in [0.2, 0.25) is 0 Å². The normalized spacial score (nSPS) is 15.8. The van der Waals surface area contributed by atoms with Gasteiger partial charge in [0.15, 0.2) is 5.41 Å². The summed E-state index contributed by atoms with van der Waals surface area (Å²) in [6.07, 6.45) is 7.58. The smallest absolute Gasteiger partial charge is 0.215 e. The van der Waals surface area contributed by atoms with E-state index < -0.39 is 11.2 Å². The van der Waals surface area contributed by atoms with E-state index in [1.165, 1.54) is 32.8 Å². The van der Waals surface area contributed by atoms with E-state index >= 15 is 0 Å². The van der Waals surface area contributed by atoms with Crippen molar-refractivity contribution in [3.8, 4) is 0 Å². The maximum absolute atomic E-state index is 10.5. The third kappa shape index (κ3) is 4.97. The van der Waals surface area contributed by atoms with Crippen LogP contribution in [0.5, 0.6) is 0 Å². The van der Waals surface area contributed by atoms with Gasteiger partial charge in [-0.3, -0.25) is 0 Å². The Morgan fingerprint density at radius 2 is 1.39 bits per heavy atom. The van der Waals surface area contributed by atoms with Gasteiger partial charge in [-0.25, -0.2) is 0 Å². The van der Waals surface area contributed by atoms with Gasteiger partial charge >= 0.3 is 0 Å². The average molecular weight is 278 g/mol. The first-order valence-corrected chi connectivity index (χ1v) is 7.87. The first-order valence-electron chi connectivity index (χ1n) is 6.87. The number of unbranched alkanes of at least 4 members (excludes halogenated alkanes) is 5. The van der Waals surface area contributed by atoms with Gasteiger partial charge < -0.3 is 19.3 Å². The topological polar surface area (TPSA) is 47.9 Å². The summed E-state index contributed by atoms with van der Waals surface area (Å²) >= 11 is 0. The van der Waals surface area contributed by atoms with Crippen molar-refractivity contribution in [2.45, 2.75) is 63.1 Å². The Hall–Kier alpha value is 0.0569. The molecule has 0 bridgehead atoms. The van der Waals surface area contributed by atoms with Crippen molar-refractivity contribution in [1.29, 1.82) is 0 Å². The Bertz CT molecular complexity index is 209. The van der Waals surface area contributed by atoms with E-state index in [0.717, 1.165) is 12.8 Å². The van der Waals surface area contributed by atoms with Gasteiger partial charge in [0.25, 0.3) is 0 Å². The van der Waals surface area contributed by atoms with E-state index in [2.05, 4.69) is 6.92 Å². The van der Waals surface area contributed by atoms with Gasteiger partial charge in [-0.1, -0.05) is 39.0 Å². The van der Waals surface area contributed by atoms with Crippen molar-refractivity contribution < 1.29 is 19.3 Å². The first-order chi connectivity index (χ1) is 8.49. The SMILES string of the molecule is CCCCCCCCC(O)(OC)C([SiH3])(OC)OC. The Labute approximate surface area is 114 Å². The summed E-state index contributed by atoms with van der Waals surface area (Å²) in [4.78, 5) is 0. The van der Waals surface area contributed by atoms with Crippen molar-refractivity contribution in [3.63, 3.8) is 0 Å². The Kier molecular flexibility index (Phi) is 9.07. The van der Waals surface area contributed by atoms with Gasteiger partial charge in [0.1, 0.15) is 0 Å². The van der Waals surface area contributed by atoms with Crippen molar-refractivity contribution in [1.82, 2.24) is 0 Å². The molecule has 0 saturated carbocycles. The molecular formula is C13H30O4Si. The number of ether oxygens (including phenoxy) is 3. The Morgan fingerprint density at radius 3 is 1.83 bits per heavy atom. The number of hydrogen-bond acceptors (Lipinski definition) is 4. The molecule has 0 spiro atoms. The minimum Gasteiger partial charge on any atom is -0.362 e. The molecule has 0 saturated heterocycles. The molecule has 1 N–H and O–H groups in total. The highest BCUT2D eigenvalue weighted by Crippen LogP contribution is 2.30. The molecule has 0 aliphatic carbocycles. The van der Waals surface area contributed by atoms with Gasteiger partial charge in [-0.2, -0.15) is 0 Å². The third-order valence-corrected chi connectivity index (χ3v) is 5.29. The monoisotopic (exact) mass is 278 g/mol. The summed E-state index contributed by atoms with van der Waals surface area (Å²) < 4.78 is 15.9. The van der Waals surface area contributed by atoms with Crippen LogP contribution in [-0.4, -0.2) is 47.9 Å². The van der Waals surface area contributed by atoms with Crippen LogP contribution in [0.1, 0.15) is 51.9 Å². The quantitative estimate of drug-likeness (QED) is 0.352. The van der Waals surface area contributed by atoms with Crippen molar-refractivity contribution in [3.05, 3.63) is 0 Å². The molecule has 0 aromatic rings. The van der Waals surface area contributed by atoms with E-state index in [4.69, 9.17) is 14.2 Å². The molecule has 0 amide bonds. The van der Waals surface area contributed by atoms with Crippen molar-refractivity contribution >= 4 is 10.2 Å². The van der Waals surface area contributed by atoms with E-state index in [1.54, 1.807) is 14.2 Å². The zero-order valence-corrected chi connectivity index (χ0v) is 14.6. The second-order valence-electron chi connectivity index (χ2n) is 4.86. The van der Waals surface area contributed by atoms with Crippen LogP contribution in [0.3, 0.4) is 0 Å². The number of rotatable bonds is 11. The maximum Gasteiger partial charge on any atom is 0.215 e. The molecule has 0 aromatic heterocycles. The number of aliphatic hydroxyl groups is 1. The molecule has 110 valence electrons. The molecule has 0 fully saturated rings. The molecule has 0 radical (unpaired) electrons. The largest absolute Gasteiger partial charge is 0.362 e. The third-order valence-electron chi connectivity index (χ3n) is 3.70. The highest BCUT2D eigenvalue weighted by molar-refractivity contribution is 6.14. The van der Waals surface area contributed by atoms with E-state index in [1.807, 2.05) is 0 Å². The average Bonchev–Trinajstić information content (AvgIpc) is 2.41. The lowest BCUT2D eigenvalue weighted by Crippen LogP contribution is -2.58. The standard InChI is InChI=1S/C13H30O4Si/c1-5-6-7-8-9-10-11-12(14,15-2)13(18,16-3)17-4/h14H,5-11H2,1-4,18H3. The van der Waals surface area contributed by atoms with Gasteiger partial charge in [-0.15, -0.1) is 0 Å². The summed E-state index contributed by atoms with van der Waals surface area (Å²) in [7, 11) is 5.13. The predicted molar refractivity (Wildman–Crippen MR) is 76.6 cm³/mol. The van der Waals surface area contributed by atoms with Crippen LogP contribution < -0.4 is 0 Å². The van der Waals surface area contributed by atoms with Crippen LogP contribution in [0.4, 0.5) is 0 Å². The van der Waals surface area contributed by atoms with E-state index in [-0.39, 0.29) is 0 Å². The molecule has 0 aliphatic heterocycles. The van der Waals surface area contributed by atoms with E-state index in [9.17, 15) is 5.11 Å². The fraction of sp³-hybridized carbons (Fsp3) is 1.00. The first kappa shape index (κ1) is 18.1. The Balaban J connectivity index is 4.15. The molecule has 18 heavy (non-hydrogen) atoms. The van der Waals surface area contributed by atoms with Crippen LogP contribution in [0.15, 0.2) is 0 Å². The minimum absolute atomic E-state index is 0.538. The molecule has 5 heteroatoms. The summed E-state index contributed by atoms with van der Waals surface area (Å²) in [5.74, 6) is -1.34. The molecule has 0 heterocycles. The van der Waals surface area contributed by atoms with Crippen LogP contribution in [0.25, 0.3) is 0 Å². The lowest BCUT2D eigenvalue weighted by atomic mass is 10.0. The summed E-state index contributed by atoms with van der Waals surface area (Å²) in [5.41, 5.74) is -0.995.